The molecule has 13 nitrogen and oxygen atoms in total. The number of hydrogen-bond donors (Lipinski definition) is 4. The molecule has 2 atom stereocenters. The van der Waals surface area contributed by atoms with E-state index in [0.29, 0.717) is 40.4 Å². The Morgan fingerprint density at radius 1 is 0.712 bits per heavy atom. The Balaban J connectivity index is 0.000000199. The van der Waals surface area contributed by atoms with Crippen LogP contribution in [0.15, 0.2) is 34.3 Å². The lowest BCUT2D eigenvalue weighted by atomic mass is 9.95. The van der Waals surface area contributed by atoms with Crippen molar-refractivity contribution in [2.45, 2.75) is 156 Å². The molecule has 324 valence electrons. The van der Waals surface area contributed by atoms with Gasteiger partial charge in [-0.3, -0.25) is 14.4 Å². The zero-order valence-corrected chi connectivity index (χ0v) is 36.3. The number of anilines is 2. The minimum Gasteiger partial charge on any atom is -0.481 e. The molecule has 0 radical (unpaired) electrons. The van der Waals surface area contributed by atoms with E-state index in [1.54, 1.807) is 23.5 Å². The van der Waals surface area contributed by atoms with Crippen LogP contribution in [0.4, 0.5) is 11.6 Å². The molecule has 5 aliphatic rings. The molecule has 0 bridgehead atoms. The summed E-state index contributed by atoms with van der Waals surface area (Å²) in [5, 5.41) is 26.8. The zero-order chi connectivity index (χ0) is 41.6. The molecule has 59 heavy (non-hydrogen) atoms. The van der Waals surface area contributed by atoms with Crippen molar-refractivity contribution >= 4 is 58.9 Å². The van der Waals surface area contributed by atoms with Gasteiger partial charge in [-0.05, 0) is 87.3 Å². The molecule has 1 unspecified atom stereocenters. The highest BCUT2D eigenvalue weighted by Crippen LogP contribution is 2.36. The second kappa shape index (κ2) is 22.9. The molecular weight excluding hydrogens is 789 g/mol. The van der Waals surface area contributed by atoms with Gasteiger partial charge in [0, 0.05) is 43.4 Å². The van der Waals surface area contributed by atoms with Crippen molar-refractivity contribution in [1.82, 2.24) is 20.6 Å². The summed E-state index contributed by atoms with van der Waals surface area (Å²) < 4.78 is 5.29. The number of thioether (sulfide) groups is 2. The molecule has 7 rings (SSSR count). The SMILES string of the molecule is CCCSc1nc(N2CCOC(C(=O)O)C2)ccc1C(=O)NC1CCCCC1.O=C(O)C[C@H]1CCN(c2ccc(C(=O)NC3CCCCC3)c(SC3CCCCC3)n2)C1. The van der Waals surface area contributed by atoms with E-state index in [1.165, 1.54) is 70.6 Å². The summed E-state index contributed by atoms with van der Waals surface area (Å²) in [6.45, 7) is 4.83. The van der Waals surface area contributed by atoms with Gasteiger partial charge in [-0.1, -0.05) is 64.7 Å². The Kier molecular flexibility index (Phi) is 17.4. The van der Waals surface area contributed by atoms with Gasteiger partial charge in [0.1, 0.15) is 21.7 Å². The summed E-state index contributed by atoms with van der Waals surface area (Å²) in [6, 6.07) is 8.06. The van der Waals surface area contributed by atoms with Crippen LogP contribution in [0.25, 0.3) is 0 Å². The van der Waals surface area contributed by atoms with E-state index in [0.717, 1.165) is 68.2 Å². The van der Waals surface area contributed by atoms with Crippen molar-refractivity contribution in [2.75, 3.05) is 48.3 Å². The van der Waals surface area contributed by atoms with Crippen LogP contribution in [-0.2, 0) is 14.3 Å². The summed E-state index contributed by atoms with van der Waals surface area (Å²) in [4.78, 5) is 62.1. The quantitative estimate of drug-likeness (QED) is 0.136. The minimum absolute atomic E-state index is 0.00874. The van der Waals surface area contributed by atoms with E-state index >= 15 is 0 Å². The fourth-order valence-corrected chi connectivity index (χ4v) is 11.0. The van der Waals surface area contributed by atoms with E-state index in [2.05, 4.69) is 22.5 Å². The molecule has 5 fully saturated rings. The largest absolute Gasteiger partial charge is 0.481 e. The van der Waals surface area contributed by atoms with Gasteiger partial charge in [-0.25, -0.2) is 14.8 Å². The number of amides is 2. The molecule has 3 aliphatic carbocycles. The zero-order valence-electron chi connectivity index (χ0n) is 34.7. The van der Waals surface area contributed by atoms with Gasteiger partial charge in [-0.15, -0.1) is 23.5 Å². The number of aromatic nitrogens is 2. The average molecular weight is 853 g/mol. The number of morpholine rings is 1. The van der Waals surface area contributed by atoms with Gasteiger partial charge in [-0.2, -0.15) is 0 Å². The van der Waals surface area contributed by atoms with E-state index in [4.69, 9.17) is 19.8 Å². The van der Waals surface area contributed by atoms with Gasteiger partial charge >= 0.3 is 11.9 Å². The van der Waals surface area contributed by atoms with E-state index in [1.807, 2.05) is 29.2 Å². The second-order valence-electron chi connectivity index (χ2n) is 16.7. The molecule has 0 spiro atoms. The van der Waals surface area contributed by atoms with Crippen molar-refractivity contribution in [1.29, 1.82) is 0 Å². The van der Waals surface area contributed by atoms with E-state index in [9.17, 15) is 24.3 Å². The van der Waals surface area contributed by atoms with Gasteiger partial charge < -0.3 is 35.4 Å². The summed E-state index contributed by atoms with van der Waals surface area (Å²) in [5.41, 5.74) is 1.31. The predicted octanol–water partition coefficient (Wildman–Crippen LogP) is 7.81. The van der Waals surface area contributed by atoms with E-state index in [-0.39, 0.29) is 42.8 Å². The number of rotatable bonds is 14. The Labute approximate surface area is 358 Å². The van der Waals surface area contributed by atoms with Crippen LogP contribution in [0.1, 0.15) is 143 Å². The summed E-state index contributed by atoms with van der Waals surface area (Å²) in [7, 11) is 0. The van der Waals surface area contributed by atoms with Gasteiger partial charge in [0.05, 0.1) is 24.3 Å². The first-order valence-corrected chi connectivity index (χ1v) is 24.0. The molecule has 4 heterocycles. The smallest absolute Gasteiger partial charge is 0.334 e. The van der Waals surface area contributed by atoms with Crippen molar-refractivity contribution < 1.29 is 34.1 Å². The van der Waals surface area contributed by atoms with Crippen molar-refractivity contribution in [3.63, 3.8) is 0 Å². The van der Waals surface area contributed by atoms with Crippen LogP contribution < -0.4 is 20.4 Å². The van der Waals surface area contributed by atoms with Crippen molar-refractivity contribution in [2.24, 2.45) is 5.92 Å². The predicted molar refractivity (Wildman–Crippen MR) is 233 cm³/mol. The maximum Gasteiger partial charge on any atom is 0.334 e. The van der Waals surface area contributed by atoms with Crippen LogP contribution in [-0.4, -0.2) is 106 Å². The van der Waals surface area contributed by atoms with Crippen LogP contribution in [0.3, 0.4) is 0 Å². The Bertz CT molecular complexity index is 1720. The van der Waals surface area contributed by atoms with Crippen molar-refractivity contribution in [3.05, 3.63) is 35.4 Å². The van der Waals surface area contributed by atoms with E-state index < -0.39 is 18.0 Å². The van der Waals surface area contributed by atoms with Crippen LogP contribution in [0.2, 0.25) is 0 Å². The highest BCUT2D eigenvalue weighted by atomic mass is 32.2. The molecule has 2 amide bonds. The number of ether oxygens (including phenoxy) is 1. The number of hydrogen-bond acceptors (Lipinski definition) is 11. The third-order valence-electron chi connectivity index (χ3n) is 12.1. The average Bonchev–Trinajstić information content (AvgIpc) is 3.72. The fourth-order valence-electron chi connectivity index (χ4n) is 8.78. The topological polar surface area (TPSA) is 174 Å². The maximum absolute atomic E-state index is 13.1. The normalized spacial score (nSPS) is 22.0. The highest BCUT2D eigenvalue weighted by Gasteiger charge is 2.30. The number of carboxylic acid groups (broad SMARTS) is 2. The van der Waals surface area contributed by atoms with Gasteiger partial charge in [0.25, 0.3) is 11.8 Å². The number of carbonyl (C=O) groups is 4. The second-order valence-corrected chi connectivity index (χ2v) is 19.1. The molecule has 0 aromatic carbocycles. The van der Waals surface area contributed by atoms with Crippen LogP contribution >= 0.6 is 23.5 Å². The van der Waals surface area contributed by atoms with Gasteiger partial charge in [0.15, 0.2) is 6.10 Å². The summed E-state index contributed by atoms with van der Waals surface area (Å²) in [5.74, 6) is 0.869. The Morgan fingerprint density at radius 3 is 1.81 bits per heavy atom. The first kappa shape index (κ1) is 45.0. The number of carboxylic acids is 2. The number of carbonyl (C=O) groups excluding carboxylic acids is 2. The standard InChI is InChI=1S/C24H35N3O3S.C20H29N3O4S/c28-22(29)15-17-13-14-27(16-17)21-12-11-20(23(30)25-18-7-3-1-4-8-18)24(26-21)31-19-9-5-2-6-10-19;1-2-12-28-19-15(18(24)21-14-6-4-3-5-7-14)8-9-17(22-19)23-10-11-27-16(13-23)20(25)26/h11-12,17-19H,1-10,13-16H2,(H,25,30)(H,28,29);8-9,14,16H,2-7,10-13H2,1H3,(H,21,24)(H,25,26)/t17-;/m1./s1. The molecule has 15 heteroatoms. The maximum atomic E-state index is 13.1. The number of aliphatic carboxylic acids is 2. The Hall–Kier alpha value is -3.56. The number of nitrogens with one attached hydrogen (secondary N) is 2. The molecule has 2 aromatic heterocycles. The third-order valence-corrected chi connectivity index (χ3v) is 14.6. The van der Waals surface area contributed by atoms with Gasteiger partial charge in [0.2, 0.25) is 0 Å². The molecule has 2 aliphatic heterocycles. The molecule has 3 saturated carbocycles. The molecular formula is C44H64N6O7S2. The highest BCUT2D eigenvalue weighted by molar-refractivity contribution is 8.00. The lowest BCUT2D eigenvalue weighted by Crippen LogP contribution is -2.46. The first-order chi connectivity index (χ1) is 28.7. The lowest BCUT2D eigenvalue weighted by molar-refractivity contribution is -0.150. The summed E-state index contributed by atoms with van der Waals surface area (Å²) >= 11 is 3.35. The third kappa shape index (κ3) is 13.5. The minimum atomic E-state index is -0.964. The molecule has 2 saturated heterocycles. The molecule has 4 N–H and O–H groups in total. The lowest BCUT2D eigenvalue weighted by Gasteiger charge is -2.32. The number of pyridine rings is 2. The van der Waals surface area contributed by atoms with Crippen LogP contribution in [0.5, 0.6) is 0 Å². The monoisotopic (exact) mass is 852 g/mol. The first-order valence-electron chi connectivity index (χ1n) is 22.2. The molecule has 2 aromatic rings. The van der Waals surface area contributed by atoms with Crippen LogP contribution in [0, 0.1) is 5.92 Å². The Morgan fingerprint density at radius 2 is 1.25 bits per heavy atom. The fraction of sp³-hybridized carbons (Fsp3) is 0.682. The number of nitrogens with zero attached hydrogens (tertiary/aromatic N) is 4. The van der Waals surface area contributed by atoms with Crippen molar-refractivity contribution in [3.8, 4) is 0 Å². The summed E-state index contributed by atoms with van der Waals surface area (Å²) in [6.07, 6.45) is 18.9.